The summed E-state index contributed by atoms with van der Waals surface area (Å²) in [5.41, 5.74) is 1.41. The van der Waals surface area contributed by atoms with Gasteiger partial charge in [0.15, 0.2) is 0 Å². The van der Waals surface area contributed by atoms with Crippen LogP contribution >= 0.6 is 0 Å². The molecule has 160 valence electrons. The summed E-state index contributed by atoms with van der Waals surface area (Å²) in [7, 11) is 3.42. The Hall–Kier alpha value is -1.92. The number of rotatable bonds is 7. The minimum absolute atomic E-state index is 0.00909. The van der Waals surface area contributed by atoms with Gasteiger partial charge in [-0.25, -0.2) is 0 Å². The van der Waals surface area contributed by atoms with E-state index < -0.39 is 0 Å². The van der Waals surface area contributed by atoms with Gasteiger partial charge in [0.2, 0.25) is 11.8 Å². The molecule has 0 bridgehead atoms. The maximum Gasteiger partial charge on any atom is 0.241 e. The smallest absolute Gasteiger partial charge is 0.241 e. The Morgan fingerprint density at radius 1 is 1.07 bits per heavy atom. The third kappa shape index (κ3) is 6.54. The van der Waals surface area contributed by atoms with Gasteiger partial charge >= 0.3 is 0 Å². The maximum absolute atomic E-state index is 12.5. The highest BCUT2D eigenvalue weighted by Crippen LogP contribution is 2.24. The van der Waals surface area contributed by atoms with Crippen LogP contribution in [0.1, 0.15) is 31.2 Å². The van der Waals surface area contributed by atoms with Crippen LogP contribution in [0.3, 0.4) is 0 Å². The molecule has 0 radical (unpaired) electrons. The number of hydrogen-bond donors (Lipinski definition) is 1. The van der Waals surface area contributed by atoms with E-state index in [1.807, 2.05) is 0 Å². The van der Waals surface area contributed by atoms with Crippen LogP contribution in [0.4, 0.5) is 0 Å². The van der Waals surface area contributed by atoms with Gasteiger partial charge in [-0.15, -0.1) is 0 Å². The van der Waals surface area contributed by atoms with Crippen molar-refractivity contribution in [2.24, 2.45) is 5.92 Å². The normalized spacial score (nSPS) is 21.7. The number of hydrogen-bond acceptors (Lipinski definition) is 4. The van der Waals surface area contributed by atoms with Crippen LogP contribution in [0.5, 0.6) is 0 Å². The molecule has 1 atom stereocenters. The van der Waals surface area contributed by atoms with E-state index in [-0.39, 0.29) is 24.3 Å². The Balaban J connectivity index is 1.40. The second-order valence-electron chi connectivity index (χ2n) is 8.65. The number of nitrogens with one attached hydrogen (secondary N) is 1. The zero-order chi connectivity index (χ0) is 20.6. The fourth-order valence-corrected chi connectivity index (χ4v) is 4.46. The molecule has 2 heterocycles. The zero-order valence-electron chi connectivity index (χ0n) is 18.0. The minimum atomic E-state index is -0.0612. The summed E-state index contributed by atoms with van der Waals surface area (Å²) in [6.45, 7) is 5.43. The molecule has 2 amide bonds. The Labute approximate surface area is 175 Å². The molecule has 1 aromatic rings. The lowest BCUT2D eigenvalue weighted by Gasteiger charge is -2.42. The molecular weight excluding hydrogens is 364 g/mol. The Morgan fingerprint density at radius 2 is 1.79 bits per heavy atom. The molecule has 0 aliphatic carbocycles. The van der Waals surface area contributed by atoms with Gasteiger partial charge in [0, 0.05) is 33.2 Å². The molecule has 2 fully saturated rings. The summed E-state index contributed by atoms with van der Waals surface area (Å²) in [5.74, 6) is -0.0195. The topological polar surface area (TPSA) is 55.9 Å². The van der Waals surface area contributed by atoms with Crippen LogP contribution in [-0.2, 0) is 16.0 Å². The number of likely N-dealkylation sites (tertiary alicyclic amines) is 2. The summed E-state index contributed by atoms with van der Waals surface area (Å²) in [6.07, 6.45) is 5.47. The lowest BCUT2D eigenvalue weighted by atomic mass is 9.93. The number of nitrogens with zero attached hydrogens (tertiary/aromatic N) is 3. The number of likely N-dealkylation sites (N-methyl/N-ethyl adjacent to an activating group) is 1. The van der Waals surface area contributed by atoms with E-state index in [0.717, 1.165) is 52.0 Å². The Kier molecular flexibility index (Phi) is 8.07. The molecule has 1 aromatic carbocycles. The summed E-state index contributed by atoms with van der Waals surface area (Å²) in [4.78, 5) is 30.8. The molecule has 3 rings (SSSR count). The molecule has 29 heavy (non-hydrogen) atoms. The lowest BCUT2D eigenvalue weighted by molar-refractivity contribution is -0.133. The van der Waals surface area contributed by atoms with Gasteiger partial charge in [0.25, 0.3) is 0 Å². The molecular formula is C23H36N4O2. The summed E-state index contributed by atoms with van der Waals surface area (Å²) < 4.78 is 0. The van der Waals surface area contributed by atoms with E-state index in [1.165, 1.54) is 23.3 Å². The van der Waals surface area contributed by atoms with Crippen molar-refractivity contribution >= 4 is 11.8 Å². The van der Waals surface area contributed by atoms with Crippen molar-refractivity contribution in [3.63, 3.8) is 0 Å². The fraction of sp³-hybridized carbons (Fsp3) is 0.652. The molecule has 0 aromatic heterocycles. The lowest BCUT2D eigenvalue weighted by Crippen LogP contribution is -2.51. The van der Waals surface area contributed by atoms with Crippen molar-refractivity contribution in [2.45, 2.75) is 38.1 Å². The second-order valence-corrected chi connectivity index (χ2v) is 8.65. The first-order valence-corrected chi connectivity index (χ1v) is 11.0. The first-order chi connectivity index (χ1) is 14.0. The zero-order valence-corrected chi connectivity index (χ0v) is 18.0. The predicted octanol–water partition coefficient (Wildman–Crippen LogP) is 1.61. The summed E-state index contributed by atoms with van der Waals surface area (Å²) in [6, 6.07) is 11.3. The van der Waals surface area contributed by atoms with E-state index in [9.17, 15) is 9.59 Å². The highest BCUT2D eigenvalue weighted by atomic mass is 16.2. The van der Waals surface area contributed by atoms with Crippen LogP contribution in [0, 0.1) is 5.92 Å². The van der Waals surface area contributed by atoms with Crippen molar-refractivity contribution in [1.29, 1.82) is 0 Å². The van der Waals surface area contributed by atoms with Gasteiger partial charge in [-0.3, -0.25) is 14.5 Å². The number of amides is 2. The van der Waals surface area contributed by atoms with E-state index in [0.29, 0.717) is 6.04 Å². The molecule has 2 aliphatic rings. The second kappa shape index (κ2) is 10.7. The van der Waals surface area contributed by atoms with Gasteiger partial charge in [-0.2, -0.15) is 0 Å². The Bertz CT molecular complexity index is 656. The van der Waals surface area contributed by atoms with Crippen molar-refractivity contribution in [1.82, 2.24) is 20.0 Å². The molecule has 2 saturated heterocycles. The van der Waals surface area contributed by atoms with E-state index >= 15 is 0 Å². The monoisotopic (exact) mass is 400 g/mol. The maximum atomic E-state index is 12.5. The minimum Gasteiger partial charge on any atom is -0.347 e. The van der Waals surface area contributed by atoms with Gasteiger partial charge in [0.1, 0.15) is 0 Å². The van der Waals surface area contributed by atoms with E-state index in [4.69, 9.17) is 0 Å². The highest BCUT2D eigenvalue weighted by Gasteiger charge is 2.31. The SMILES string of the molecule is CN(C)C(=O)CNC(=O)[C@@H]1CCCN(C2CCN(CCc3ccccc3)CC2)C1. The van der Waals surface area contributed by atoms with Gasteiger partial charge in [-0.05, 0) is 57.3 Å². The third-order valence-electron chi connectivity index (χ3n) is 6.37. The predicted molar refractivity (Wildman–Crippen MR) is 116 cm³/mol. The standard InChI is InChI=1S/C23H36N4O2/c1-25(2)22(28)17-24-23(29)20-9-6-13-27(18-20)21-11-15-26(16-12-21)14-10-19-7-4-3-5-8-19/h3-5,7-8,20-21H,6,9-18H2,1-2H3,(H,24,29)/t20-/m1/s1. The number of benzene rings is 1. The highest BCUT2D eigenvalue weighted by molar-refractivity contribution is 5.85. The van der Waals surface area contributed by atoms with Crippen LogP contribution in [0.15, 0.2) is 30.3 Å². The van der Waals surface area contributed by atoms with Crippen molar-refractivity contribution in [3.8, 4) is 0 Å². The number of carbonyl (C=O) groups is 2. The molecule has 0 unspecified atom stereocenters. The molecule has 6 nitrogen and oxygen atoms in total. The quantitative estimate of drug-likeness (QED) is 0.756. The number of carbonyl (C=O) groups excluding carboxylic acids is 2. The van der Waals surface area contributed by atoms with Crippen molar-refractivity contribution in [3.05, 3.63) is 35.9 Å². The van der Waals surface area contributed by atoms with Crippen LogP contribution < -0.4 is 5.32 Å². The van der Waals surface area contributed by atoms with Crippen molar-refractivity contribution in [2.75, 3.05) is 53.4 Å². The van der Waals surface area contributed by atoms with Crippen LogP contribution in [0.2, 0.25) is 0 Å². The largest absolute Gasteiger partial charge is 0.347 e. The third-order valence-corrected chi connectivity index (χ3v) is 6.37. The van der Waals surface area contributed by atoms with Gasteiger partial charge in [0.05, 0.1) is 12.5 Å². The van der Waals surface area contributed by atoms with Crippen LogP contribution in [-0.4, -0.2) is 85.9 Å². The van der Waals surface area contributed by atoms with E-state index in [1.54, 1.807) is 14.1 Å². The average Bonchev–Trinajstić information content (AvgIpc) is 2.77. The number of piperidine rings is 2. The average molecular weight is 401 g/mol. The van der Waals surface area contributed by atoms with Crippen LogP contribution in [0.25, 0.3) is 0 Å². The van der Waals surface area contributed by atoms with E-state index in [2.05, 4.69) is 45.4 Å². The fourth-order valence-electron chi connectivity index (χ4n) is 4.46. The molecule has 2 aliphatic heterocycles. The Morgan fingerprint density at radius 3 is 2.48 bits per heavy atom. The first-order valence-electron chi connectivity index (χ1n) is 11.0. The van der Waals surface area contributed by atoms with Crippen molar-refractivity contribution < 1.29 is 9.59 Å². The van der Waals surface area contributed by atoms with Gasteiger partial charge < -0.3 is 15.1 Å². The van der Waals surface area contributed by atoms with Gasteiger partial charge in [-0.1, -0.05) is 30.3 Å². The molecule has 6 heteroatoms. The summed E-state index contributed by atoms with van der Waals surface area (Å²) >= 11 is 0. The first kappa shape index (κ1) is 21.8. The molecule has 0 spiro atoms. The molecule has 0 saturated carbocycles. The molecule has 1 N–H and O–H groups in total. The summed E-state index contributed by atoms with van der Waals surface area (Å²) in [5, 5.41) is 2.83.